The molecule has 1 atom stereocenters. The van der Waals surface area contributed by atoms with Crippen LogP contribution in [0.5, 0.6) is 0 Å². The van der Waals surface area contributed by atoms with Gasteiger partial charge in [-0.1, -0.05) is 13.0 Å². The van der Waals surface area contributed by atoms with Gasteiger partial charge in [0.1, 0.15) is 12.4 Å². The van der Waals surface area contributed by atoms with Crippen LogP contribution >= 0.6 is 0 Å². The summed E-state index contributed by atoms with van der Waals surface area (Å²) in [4.78, 5) is 28.8. The second-order valence-corrected chi connectivity index (χ2v) is 7.41. The number of hydrogen-bond donors (Lipinski definition) is 1. The molecule has 6 nitrogen and oxygen atoms in total. The maximum absolute atomic E-state index is 13.4. The lowest BCUT2D eigenvalue weighted by Crippen LogP contribution is -2.40. The topological polar surface area (TPSA) is 61.9 Å². The van der Waals surface area contributed by atoms with Crippen LogP contribution in [0.1, 0.15) is 36.2 Å². The van der Waals surface area contributed by atoms with E-state index in [4.69, 9.17) is 4.74 Å². The van der Waals surface area contributed by atoms with Crippen LogP contribution in [-0.2, 0) is 16.1 Å². The maximum atomic E-state index is 13.4. The summed E-state index contributed by atoms with van der Waals surface area (Å²) >= 11 is 0. The predicted molar refractivity (Wildman–Crippen MR) is 117 cm³/mol. The van der Waals surface area contributed by atoms with Gasteiger partial charge in [-0.3, -0.25) is 9.59 Å². The van der Waals surface area contributed by atoms with Crippen LogP contribution in [0.4, 0.5) is 15.8 Å². The SMILES string of the molecule is CC[C@@H](C)N(Cc1cc(NC(=O)c2cccc(F)c2)ccc1N(C)C)C(=O)COC. The second-order valence-electron chi connectivity index (χ2n) is 7.41. The van der Waals surface area contributed by atoms with Crippen LogP contribution in [0.15, 0.2) is 42.5 Å². The zero-order chi connectivity index (χ0) is 22.3. The summed E-state index contributed by atoms with van der Waals surface area (Å²) in [6.45, 7) is 4.42. The van der Waals surface area contributed by atoms with Gasteiger partial charge in [0.25, 0.3) is 5.91 Å². The highest BCUT2D eigenvalue weighted by atomic mass is 19.1. The molecule has 0 saturated carbocycles. The first-order valence-corrected chi connectivity index (χ1v) is 9.92. The fourth-order valence-electron chi connectivity index (χ4n) is 3.16. The van der Waals surface area contributed by atoms with Crippen LogP contribution in [0.2, 0.25) is 0 Å². The molecular formula is C23H30FN3O3. The first kappa shape index (κ1) is 23.3. The Labute approximate surface area is 177 Å². The molecular weight excluding hydrogens is 385 g/mol. The first-order chi connectivity index (χ1) is 14.3. The van der Waals surface area contributed by atoms with Crippen molar-refractivity contribution < 1.29 is 18.7 Å². The number of ether oxygens (including phenoxy) is 1. The summed E-state index contributed by atoms with van der Waals surface area (Å²) in [6, 6.07) is 11.1. The zero-order valence-corrected chi connectivity index (χ0v) is 18.2. The number of carbonyl (C=O) groups is 2. The van der Waals surface area contributed by atoms with E-state index in [0.717, 1.165) is 17.7 Å². The van der Waals surface area contributed by atoms with Crippen LogP contribution < -0.4 is 10.2 Å². The van der Waals surface area contributed by atoms with Gasteiger partial charge in [0.15, 0.2) is 0 Å². The van der Waals surface area contributed by atoms with Crippen LogP contribution in [0.25, 0.3) is 0 Å². The largest absolute Gasteiger partial charge is 0.377 e. The summed E-state index contributed by atoms with van der Waals surface area (Å²) in [6.07, 6.45) is 0.808. The van der Waals surface area contributed by atoms with Crippen molar-refractivity contribution in [2.45, 2.75) is 32.9 Å². The highest BCUT2D eigenvalue weighted by Crippen LogP contribution is 2.26. The number of hydrogen-bond acceptors (Lipinski definition) is 4. The number of benzene rings is 2. The molecule has 0 heterocycles. The van der Waals surface area contributed by atoms with Crippen molar-refractivity contribution in [3.63, 3.8) is 0 Å². The Hall–Kier alpha value is -2.93. The summed E-state index contributed by atoms with van der Waals surface area (Å²) in [5.74, 6) is -0.954. The summed E-state index contributed by atoms with van der Waals surface area (Å²) in [5, 5.41) is 2.81. The molecule has 0 fully saturated rings. The van der Waals surface area contributed by atoms with Gasteiger partial charge < -0.3 is 19.9 Å². The number of rotatable bonds is 9. The summed E-state index contributed by atoms with van der Waals surface area (Å²) in [5.41, 5.74) is 2.65. The predicted octanol–water partition coefficient (Wildman–Crippen LogP) is 3.92. The number of amides is 2. The van der Waals surface area contributed by atoms with Crippen molar-refractivity contribution in [3.05, 3.63) is 59.4 Å². The first-order valence-electron chi connectivity index (χ1n) is 9.92. The quantitative estimate of drug-likeness (QED) is 0.674. The molecule has 0 aliphatic carbocycles. The average Bonchev–Trinajstić information content (AvgIpc) is 2.71. The second kappa shape index (κ2) is 10.7. The minimum atomic E-state index is -0.466. The minimum Gasteiger partial charge on any atom is -0.377 e. The molecule has 1 N–H and O–H groups in total. The normalized spacial score (nSPS) is 11.7. The molecule has 0 aromatic heterocycles. The molecule has 0 aliphatic rings. The van der Waals surface area contributed by atoms with E-state index in [1.54, 1.807) is 17.0 Å². The highest BCUT2D eigenvalue weighted by Gasteiger charge is 2.21. The number of carbonyl (C=O) groups excluding carboxylic acids is 2. The number of methoxy groups -OCH3 is 1. The lowest BCUT2D eigenvalue weighted by Gasteiger charge is -2.30. The van der Waals surface area contributed by atoms with E-state index >= 15 is 0 Å². The molecule has 0 saturated heterocycles. The fraction of sp³-hybridized carbons (Fsp3) is 0.391. The number of nitrogens with zero attached hydrogens (tertiary/aromatic N) is 2. The Morgan fingerprint density at radius 1 is 1.17 bits per heavy atom. The molecule has 0 radical (unpaired) electrons. The maximum Gasteiger partial charge on any atom is 0.255 e. The summed E-state index contributed by atoms with van der Waals surface area (Å²) in [7, 11) is 5.35. The minimum absolute atomic E-state index is 0.0115. The van der Waals surface area contributed by atoms with Crippen molar-refractivity contribution in [1.82, 2.24) is 4.90 Å². The lowest BCUT2D eigenvalue weighted by molar-refractivity contribution is -0.138. The molecule has 7 heteroatoms. The number of nitrogens with one attached hydrogen (secondary N) is 1. The third-order valence-corrected chi connectivity index (χ3v) is 4.96. The van der Waals surface area contributed by atoms with Crippen molar-refractivity contribution in [2.75, 3.05) is 38.0 Å². The Morgan fingerprint density at radius 3 is 2.50 bits per heavy atom. The average molecular weight is 416 g/mol. The molecule has 2 rings (SSSR count). The van der Waals surface area contributed by atoms with Gasteiger partial charge in [-0.2, -0.15) is 0 Å². The van der Waals surface area contributed by atoms with Gasteiger partial charge in [0, 0.05) is 50.7 Å². The molecule has 2 amide bonds. The highest BCUT2D eigenvalue weighted by molar-refractivity contribution is 6.04. The fourth-order valence-corrected chi connectivity index (χ4v) is 3.16. The standard InChI is InChI=1S/C23H30FN3O3/c1-6-16(2)27(22(28)15-30-5)14-18-13-20(10-11-21(18)26(3)4)25-23(29)17-8-7-9-19(24)12-17/h7-13,16H,6,14-15H2,1-5H3,(H,25,29)/t16-/m1/s1. The third-order valence-electron chi connectivity index (χ3n) is 4.96. The smallest absolute Gasteiger partial charge is 0.255 e. The van der Waals surface area contributed by atoms with Crippen molar-refractivity contribution in [2.24, 2.45) is 0 Å². The molecule has 0 unspecified atom stereocenters. The van der Waals surface area contributed by atoms with Gasteiger partial charge >= 0.3 is 0 Å². The van der Waals surface area contributed by atoms with E-state index in [1.807, 2.05) is 45.0 Å². The monoisotopic (exact) mass is 415 g/mol. The number of anilines is 2. The van der Waals surface area contributed by atoms with E-state index in [2.05, 4.69) is 5.32 Å². The Bertz CT molecular complexity index is 886. The molecule has 162 valence electrons. The Balaban J connectivity index is 2.32. The molecule has 0 bridgehead atoms. The van der Waals surface area contributed by atoms with E-state index in [1.165, 1.54) is 25.3 Å². The molecule has 0 spiro atoms. The van der Waals surface area contributed by atoms with Gasteiger partial charge in [-0.25, -0.2) is 4.39 Å². The van der Waals surface area contributed by atoms with Gasteiger partial charge in [0.05, 0.1) is 0 Å². The van der Waals surface area contributed by atoms with E-state index in [-0.39, 0.29) is 24.1 Å². The van der Waals surface area contributed by atoms with Gasteiger partial charge in [0.2, 0.25) is 5.91 Å². The lowest BCUT2D eigenvalue weighted by atomic mass is 10.1. The third kappa shape index (κ3) is 6.03. The molecule has 2 aromatic rings. The van der Waals surface area contributed by atoms with Crippen molar-refractivity contribution in [3.8, 4) is 0 Å². The van der Waals surface area contributed by atoms with Crippen LogP contribution in [0.3, 0.4) is 0 Å². The zero-order valence-electron chi connectivity index (χ0n) is 18.2. The summed E-state index contributed by atoms with van der Waals surface area (Å²) < 4.78 is 18.5. The molecule has 30 heavy (non-hydrogen) atoms. The van der Waals surface area contributed by atoms with Gasteiger partial charge in [-0.15, -0.1) is 0 Å². The number of halogens is 1. The van der Waals surface area contributed by atoms with Crippen LogP contribution in [-0.4, -0.2) is 50.6 Å². The molecule has 0 aliphatic heterocycles. The van der Waals surface area contributed by atoms with E-state index in [0.29, 0.717) is 12.2 Å². The Morgan fingerprint density at radius 2 is 1.90 bits per heavy atom. The van der Waals surface area contributed by atoms with Crippen LogP contribution in [0, 0.1) is 5.82 Å². The van der Waals surface area contributed by atoms with Crippen molar-refractivity contribution in [1.29, 1.82) is 0 Å². The van der Waals surface area contributed by atoms with E-state index < -0.39 is 11.7 Å². The van der Waals surface area contributed by atoms with Crippen molar-refractivity contribution >= 4 is 23.2 Å². The Kier molecular flexibility index (Phi) is 8.35. The molecule has 2 aromatic carbocycles. The van der Waals surface area contributed by atoms with Gasteiger partial charge in [-0.05, 0) is 55.3 Å². The van der Waals surface area contributed by atoms with E-state index in [9.17, 15) is 14.0 Å².